The van der Waals surface area contributed by atoms with Crippen molar-refractivity contribution >= 4 is 52.5 Å². The molecule has 4 nitrogen and oxygen atoms in total. The van der Waals surface area contributed by atoms with Gasteiger partial charge >= 0.3 is 5.97 Å². The molecule has 0 atom stereocenters. The number of nitrogens with one attached hydrogen (secondary N) is 1. The van der Waals surface area contributed by atoms with E-state index in [1.54, 1.807) is 30.3 Å². The van der Waals surface area contributed by atoms with Gasteiger partial charge in [-0.2, -0.15) is 0 Å². The van der Waals surface area contributed by atoms with Crippen LogP contribution >= 0.6 is 35.0 Å². The zero-order chi connectivity index (χ0) is 18.2. The fraction of sp³-hybridized carbons (Fsp3) is 0.176. The van der Waals surface area contributed by atoms with Gasteiger partial charge in [0.05, 0.1) is 22.2 Å². The van der Waals surface area contributed by atoms with Crippen LogP contribution in [0.15, 0.2) is 47.4 Å². The molecule has 0 aromatic heterocycles. The van der Waals surface area contributed by atoms with Crippen LogP contribution in [0.2, 0.25) is 10.0 Å². The van der Waals surface area contributed by atoms with Crippen LogP contribution in [0.4, 0.5) is 10.1 Å². The number of carbonyl (C=O) groups excluding carboxylic acids is 2. The van der Waals surface area contributed by atoms with Gasteiger partial charge in [-0.05, 0) is 36.4 Å². The van der Waals surface area contributed by atoms with Gasteiger partial charge in [0.2, 0.25) is 0 Å². The summed E-state index contributed by atoms with van der Waals surface area (Å²) in [5.74, 6) is -0.888. The lowest BCUT2D eigenvalue weighted by molar-refractivity contribution is -0.146. The summed E-state index contributed by atoms with van der Waals surface area (Å²) in [4.78, 5) is 24.3. The molecular formula is C17H14Cl2FNO3S. The maximum absolute atomic E-state index is 12.8. The molecule has 8 heteroatoms. The second-order valence-electron chi connectivity index (χ2n) is 4.86. The van der Waals surface area contributed by atoms with Crippen molar-refractivity contribution in [2.75, 3.05) is 17.7 Å². The molecule has 132 valence electrons. The van der Waals surface area contributed by atoms with Crippen molar-refractivity contribution in [3.8, 4) is 0 Å². The minimum atomic E-state index is -0.533. The third-order valence-electron chi connectivity index (χ3n) is 2.98. The van der Waals surface area contributed by atoms with Gasteiger partial charge < -0.3 is 10.1 Å². The third-order valence-corrected chi connectivity index (χ3v) is 4.62. The SMILES string of the molecule is O=C(COC(=O)CCSc1ccc(F)cc1)Nc1c(Cl)cccc1Cl. The fourth-order valence-electron chi connectivity index (χ4n) is 1.79. The van der Waals surface area contributed by atoms with E-state index in [1.807, 2.05) is 0 Å². The Morgan fingerprint density at radius 3 is 2.36 bits per heavy atom. The van der Waals surface area contributed by atoms with E-state index in [0.29, 0.717) is 15.8 Å². The molecule has 0 saturated carbocycles. The molecule has 0 saturated heterocycles. The number of thioether (sulfide) groups is 1. The van der Waals surface area contributed by atoms with Gasteiger partial charge in [0.15, 0.2) is 6.61 Å². The summed E-state index contributed by atoms with van der Waals surface area (Å²) in [6.45, 7) is -0.429. The van der Waals surface area contributed by atoms with Crippen LogP contribution in [0, 0.1) is 5.82 Å². The summed E-state index contributed by atoms with van der Waals surface area (Å²) in [5.41, 5.74) is 0.277. The number of amides is 1. The Morgan fingerprint density at radius 1 is 1.08 bits per heavy atom. The molecular weight excluding hydrogens is 388 g/mol. The van der Waals surface area contributed by atoms with Crippen molar-refractivity contribution in [1.82, 2.24) is 0 Å². The minimum Gasteiger partial charge on any atom is -0.456 e. The molecule has 0 heterocycles. The number of anilines is 1. The lowest BCUT2D eigenvalue weighted by atomic mass is 10.3. The van der Waals surface area contributed by atoms with E-state index in [0.717, 1.165) is 4.90 Å². The number of rotatable bonds is 7. The summed E-state index contributed by atoms with van der Waals surface area (Å²) >= 11 is 13.3. The predicted octanol–water partition coefficient (Wildman–Crippen LogP) is 4.80. The number of ether oxygens (including phenoxy) is 1. The number of halogens is 3. The van der Waals surface area contributed by atoms with Crippen LogP contribution in [0.1, 0.15) is 6.42 Å². The molecule has 0 fully saturated rings. The first-order chi connectivity index (χ1) is 12.0. The Balaban J connectivity index is 1.70. The van der Waals surface area contributed by atoms with E-state index < -0.39 is 18.5 Å². The number of para-hydroxylation sites is 1. The first-order valence-electron chi connectivity index (χ1n) is 7.23. The lowest BCUT2D eigenvalue weighted by Gasteiger charge is -2.09. The summed E-state index contributed by atoms with van der Waals surface area (Å²) < 4.78 is 17.7. The van der Waals surface area contributed by atoms with Crippen molar-refractivity contribution in [2.24, 2.45) is 0 Å². The zero-order valence-electron chi connectivity index (χ0n) is 12.9. The summed E-state index contributed by atoms with van der Waals surface area (Å²) in [5, 5.41) is 3.09. The average Bonchev–Trinajstić information content (AvgIpc) is 2.58. The van der Waals surface area contributed by atoms with Gasteiger partial charge in [0.25, 0.3) is 5.91 Å². The summed E-state index contributed by atoms with van der Waals surface area (Å²) in [7, 11) is 0. The lowest BCUT2D eigenvalue weighted by Crippen LogP contribution is -2.21. The van der Waals surface area contributed by atoms with E-state index >= 15 is 0 Å². The molecule has 25 heavy (non-hydrogen) atoms. The van der Waals surface area contributed by atoms with Crippen LogP contribution in [0.5, 0.6) is 0 Å². The number of esters is 1. The van der Waals surface area contributed by atoms with Gasteiger partial charge in [-0.3, -0.25) is 9.59 Å². The molecule has 0 spiro atoms. The van der Waals surface area contributed by atoms with E-state index in [4.69, 9.17) is 27.9 Å². The fourth-order valence-corrected chi connectivity index (χ4v) is 3.12. The summed E-state index contributed by atoms with van der Waals surface area (Å²) in [6.07, 6.45) is 0.127. The monoisotopic (exact) mass is 401 g/mol. The van der Waals surface area contributed by atoms with Gasteiger partial charge in [0.1, 0.15) is 5.82 Å². The van der Waals surface area contributed by atoms with Gasteiger partial charge in [0, 0.05) is 10.6 Å². The standard InChI is InChI=1S/C17H14Cl2FNO3S/c18-13-2-1-3-14(19)17(13)21-15(22)10-24-16(23)8-9-25-12-6-4-11(20)5-7-12/h1-7H,8-10H2,(H,21,22). The van der Waals surface area contributed by atoms with Crippen molar-refractivity contribution in [2.45, 2.75) is 11.3 Å². The Labute approximate surface area is 158 Å². The predicted molar refractivity (Wildman–Crippen MR) is 97.8 cm³/mol. The molecule has 0 unspecified atom stereocenters. The van der Waals surface area contributed by atoms with Crippen molar-refractivity contribution in [3.63, 3.8) is 0 Å². The highest BCUT2D eigenvalue weighted by Crippen LogP contribution is 2.29. The molecule has 0 aliphatic rings. The van der Waals surface area contributed by atoms with Gasteiger partial charge in [-0.25, -0.2) is 4.39 Å². The van der Waals surface area contributed by atoms with E-state index in [9.17, 15) is 14.0 Å². The van der Waals surface area contributed by atoms with E-state index in [-0.39, 0.29) is 17.9 Å². The highest BCUT2D eigenvalue weighted by atomic mass is 35.5. The van der Waals surface area contributed by atoms with Crippen LogP contribution in [-0.4, -0.2) is 24.2 Å². The average molecular weight is 402 g/mol. The van der Waals surface area contributed by atoms with Crippen molar-refractivity contribution < 1.29 is 18.7 Å². The van der Waals surface area contributed by atoms with Crippen LogP contribution in [0.25, 0.3) is 0 Å². The Hall–Kier alpha value is -1.76. The molecule has 1 N–H and O–H groups in total. The number of benzene rings is 2. The molecule has 2 aromatic carbocycles. The van der Waals surface area contributed by atoms with Crippen LogP contribution in [-0.2, 0) is 14.3 Å². The topological polar surface area (TPSA) is 55.4 Å². The number of carbonyl (C=O) groups is 2. The number of hydrogen-bond acceptors (Lipinski definition) is 4. The quantitative estimate of drug-likeness (QED) is 0.534. The minimum absolute atomic E-state index is 0.127. The Kier molecular flexibility index (Phi) is 7.55. The molecule has 0 aliphatic carbocycles. The third kappa shape index (κ3) is 6.57. The Bertz CT molecular complexity index is 736. The smallest absolute Gasteiger partial charge is 0.307 e. The molecule has 1 amide bonds. The molecule has 2 rings (SSSR count). The first-order valence-corrected chi connectivity index (χ1v) is 8.97. The first kappa shape index (κ1) is 19.6. The number of hydrogen-bond donors (Lipinski definition) is 1. The largest absolute Gasteiger partial charge is 0.456 e. The van der Waals surface area contributed by atoms with Gasteiger partial charge in [-0.15, -0.1) is 11.8 Å². The second-order valence-corrected chi connectivity index (χ2v) is 6.84. The molecule has 2 aromatic rings. The van der Waals surface area contributed by atoms with Crippen molar-refractivity contribution in [1.29, 1.82) is 0 Å². The molecule has 0 bridgehead atoms. The van der Waals surface area contributed by atoms with E-state index in [1.165, 1.54) is 23.9 Å². The zero-order valence-corrected chi connectivity index (χ0v) is 15.3. The Morgan fingerprint density at radius 2 is 1.72 bits per heavy atom. The van der Waals surface area contributed by atoms with Gasteiger partial charge in [-0.1, -0.05) is 29.3 Å². The van der Waals surface area contributed by atoms with Crippen LogP contribution in [0.3, 0.4) is 0 Å². The van der Waals surface area contributed by atoms with Crippen molar-refractivity contribution in [3.05, 3.63) is 58.3 Å². The second kappa shape index (κ2) is 9.65. The molecule has 0 aliphatic heterocycles. The highest BCUT2D eigenvalue weighted by Gasteiger charge is 2.12. The highest BCUT2D eigenvalue weighted by molar-refractivity contribution is 7.99. The normalized spacial score (nSPS) is 10.4. The maximum Gasteiger partial charge on any atom is 0.307 e. The van der Waals surface area contributed by atoms with E-state index in [2.05, 4.69) is 5.32 Å². The van der Waals surface area contributed by atoms with Crippen LogP contribution < -0.4 is 5.32 Å². The maximum atomic E-state index is 12.8. The molecule has 0 radical (unpaired) electrons. The summed E-state index contributed by atoms with van der Waals surface area (Å²) in [6, 6.07) is 10.8.